The van der Waals surface area contributed by atoms with Crippen LogP contribution in [-0.2, 0) is 11.2 Å². The number of hydrogen-bond donors (Lipinski definition) is 1. The molecular formula is C22H21N3O2S. The van der Waals surface area contributed by atoms with Crippen molar-refractivity contribution in [1.82, 2.24) is 4.98 Å². The van der Waals surface area contributed by atoms with E-state index in [1.165, 1.54) is 16.9 Å². The summed E-state index contributed by atoms with van der Waals surface area (Å²) >= 11 is 1.41. The van der Waals surface area contributed by atoms with E-state index in [-0.39, 0.29) is 11.8 Å². The molecule has 4 rings (SSSR count). The Morgan fingerprint density at radius 2 is 1.96 bits per heavy atom. The van der Waals surface area contributed by atoms with Crippen LogP contribution in [0.4, 0.5) is 10.8 Å². The molecule has 1 aromatic heterocycles. The van der Waals surface area contributed by atoms with Gasteiger partial charge in [0.1, 0.15) is 0 Å². The molecule has 1 aliphatic heterocycles. The molecule has 0 saturated heterocycles. The van der Waals surface area contributed by atoms with Gasteiger partial charge in [0.25, 0.3) is 5.91 Å². The second-order valence-corrected chi connectivity index (χ2v) is 7.93. The quantitative estimate of drug-likeness (QED) is 0.710. The van der Waals surface area contributed by atoms with Crippen molar-refractivity contribution in [1.29, 1.82) is 0 Å². The highest BCUT2D eigenvalue weighted by Gasteiger charge is 2.23. The van der Waals surface area contributed by atoms with Crippen molar-refractivity contribution in [3.63, 3.8) is 0 Å². The number of carbonyl (C=O) groups excluding carboxylic acids is 2. The summed E-state index contributed by atoms with van der Waals surface area (Å²) in [6.07, 6.45) is 0.768. The summed E-state index contributed by atoms with van der Waals surface area (Å²) in [4.78, 5) is 30.7. The van der Waals surface area contributed by atoms with Crippen LogP contribution in [0.5, 0.6) is 0 Å². The van der Waals surface area contributed by atoms with Crippen LogP contribution in [0.2, 0.25) is 0 Å². The molecule has 1 aliphatic rings. The van der Waals surface area contributed by atoms with Gasteiger partial charge in [-0.25, -0.2) is 4.98 Å². The smallest absolute Gasteiger partial charge is 0.257 e. The average molecular weight is 391 g/mol. The molecule has 0 aliphatic carbocycles. The SMILES string of the molecule is CC(=O)N1CCc2cc(C(=O)Nc3nc(-c4ccc(C)cc4C)cs3)ccc21. The van der Waals surface area contributed by atoms with Crippen molar-refractivity contribution in [3.8, 4) is 11.3 Å². The number of benzene rings is 2. The van der Waals surface area contributed by atoms with Gasteiger partial charge in [-0.05, 0) is 49.6 Å². The number of rotatable bonds is 3. The zero-order valence-electron chi connectivity index (χ0n) is 16.1. The van der Waals surface area contributed by atoms with E-state index in [1.807, 2.05) is 17.5 Å². The van der Waals surface area contributed by atoms with Crippen LogP contribution >= 0.6 is 11.3 Å². The monoisotopic (exact) mass is 391 g/mol. The highest BCUT2D eigenvalue weighted by atomic mass is 32.1. The molecular weight excluding hydrogens is 370 g/mol. The minimum atomic E-state index is -0.189. The standard InChI is InChI=1S/C22H21N3O2S/c1-13-4-6-18(14(2)10-13)19-12-28-22(23-19)24-21(27)17-5-7-20-16(11-17)8-9-25(20)15(3)26/h4-7,10-12H,8-9H2,1-3H3,(H,23,24,27). The number of amides is 2. The van der Waals surface area contributed by atoms with E-state index in [2.05, 4.69) is 42.3 Å². The Morgan fingerprint density at radius 1 is 1.14 bits per heavy atom. The normalized spacial score (nSPS) is 12.8. The van der Waals surface area contributed by atoms with Gasteiger partial charge in [-0.15, -0.1) is 11.3 Å². The van der Waals surface area contributed by atoms with E-state index >= 15 is 0 Å². The molecule has 5 nitrogen and oxygen atoms in total. The van der Waals surface area contributed by atoms with E-state index in [1.54, 1.807) is 17.9 Å². The Hall–Kier alpha value is -2.99. The minimum absolute atomic E-state index is 0.0256. The van der Waals surface area contributed by atoms with Crippen molar-refractivity contribution in [3.05, 3.63) is 64.0 Å². The van der Waals surface area contributed by atoms with Gasteiger partial charge in [-0.3, -0.25) is 14.9 Å². The summed E-state index contributed by atoms with van der Waals surface area (Å²) < 4.78 is 0. The molecule has 0 fully saturated rings. The predicted molar refractivity (Wildman–Crippen MR) is 113 cm³/mol. The molecule has 142 valence electrons. The molecule has 0 radical (unpaired) electrons. The van der Waals surface area contributed by atoms with Gasteiger partial charge in [-0.2, -0.15) is 0 Å². The maximum atomic E-state index is 12.7. The number of anilines is 2. The molecule has 6 heteroatoms. The molecule has 0 saturated carbocycles. The third-order valence-electron chi connectivity index (χ3n) is 5.00. The fourth-order valence-electron chi connectivity index (χ4n) is 3.60. The van der Waals surface area contributed by atoms with Gasteiger partial charge in [-0.1, -0.05) is 23.8 Å². The van der Waals surface area contributed by atoms with Crippen LogP contribution in [-0.4, -0.2) is 23.3 Å². The number of nitrogens with zero attached hydrogens (tertiary/aromatic N) is 2. The lowest BCUT2D eigenvalue weighted by Crippen LogP contribution is -2.25. The lowest BCUT2D eigenvalue weighted by atomic mass is 10.0. The zero-order valence-corrected chi connectivity index (χ0v) is 16.9. The van der Waals surface area contributed by atoms with Crippen molar-refractivity contribution in [2.45, 2.75) is 27.2 Å². The van der Waals surface area contributed by atoms with Gasteiger partial charge in [0.05, 0.1) is 5.69 Å². The summed E-state index contributed by atoms with van der Waals surface area (Å²) in [5, 5.41) is 5.43. The summed E-state index contributed by atoms with van der Waals surface area (Å²) in [5.74, 6) is -0.164. The fourth-order valence-corrected chi connectivity index (χ4v) is 4.30. The van der Waals surface area contributed by atoms with Crippen LogP contribution < -0.4 is 10.2 Å². The molecule has 0 atom stereocenters. The van der Waals surface area contributed by atoms with Crippen molar-refractivity contribution < 1.29 is 9.59 Å². The van der Waals surface area contributed by atoms with Crippen LogP contribution in [0.3, 0.4) is 0 Å². The second kappa shape index (κ2) is 7.20. The first-order valence-corrected chi connectivity index (χ1v) is 10.1. The van der Waals surface area contributed by atoms with Crippen LogP contribution in [0.15, 0.2) is 41.8 Å². The number of carbonyl (C=O) groups is 2. The van der Waals surface area contributed by atoms with Crippen molar-refractivity contribution in [2.24, 2.45) is 0 Å². The number of fused-ring (bicyclic) bond motifs is 1. The Morgan fingerprint density at radius 3 is 2.71 bits per heavy atom. The van der Waals surface area contributed by atoms with Crippen LogP contribution in [0.25, 0.3) is 11.3 Å². The lowest BCUT2D eigenvalue weighted by Gasteiger charge is -2.14. The Bertz CT molecular complexity index is 1090. The first kappa shape index (κ1) is 18.4. The third-order valence-corrected chi connectivity index (χ3v) is 5.76. The van der Waals surface area contributed by atoms with Gasteiger partial charge >= 0.3 is 0 Å². The molecule has 3 aromatic rings. The van der Waals surface area contributed by atoms with E-state index in [9.17, 15) is 9.59 Å². The number of hydrogen-bond acceptors (Lipinski definition) is 4. The van der Waals surface area contributed by atoms with E-state index in [0.29, 0.717) is 17.2 Å². The Kier molecular flexibility index (Phi) is 4.73. The molecule has 2 amide bonds. The van der Waals surface area contributed by atoms with Gasteiger partial charge in [0.2, 0.25) is 5.91 Å². The van der Waals surface area contributed by atoms with Gasteiger partial charge in [0, 0.05) is 35.7 Å². The van der Waals surface area contributed by atoms with Crippen LogP contribution in [0.1, 0.15) is 34.0 Å². The highest BCUT2D eigenvalue weighted by Crippen LogP contribution is 2.30. The maximum absolute atomic E-state index is 12.7. The maximum Gasteiger partial charge on any atom is 0.257 e. The Balaban J connectivity index is 1.52. The molecule has 2 aromatic carbocycles. The number of aromatic nitrogens is 1. The number of thiazole rings is 1. The molecule has 2 heterocycles. The predicted octanol–water partition coefficient (Wildman–Crippen LogP) is 4.59. The molecule has 0 bridgehead atoms. The average Bonchev–Trinajstić information content (AvgIpc) is 3.28. The molecule has 28 heavy (non-hydrogen) atoms. The van der Waals surface area contributed by atoms with Gasteiger partial charge in [0.15, 0.2) is 5.13 Å². The molecule has 0 spiro atoms. The summed E-state index contributed by atoms with van der Waals surface area (Å²) in [6, 6.07) is 11.7. The minimum Gasteiger partial charge on any atom is -0.312 e. The van der Waals surface area contributed by atoms with Crippen LogP contribution in [0, 0.1) is 13.8 Å². The summed E-state index contributed by atoms with van der Waals surface area (Å²) in [7, 11) is 0. The second-order valence-electron chi connectivity index (χ2n) is 7.07. The van der Waals surface area contributed by atoms with E-state index in [4.69, 9.17) is 0 Å². The third kappa shape index (κ3) is 3.43. The van der Waals surface area contributed by atoms with Crippen molar-refractivity contribution >= 4 is 34.0 Å². The number of aryl methyl sites for hydroxylation is 2. The van der Waals surface area contributed by atoms with E-state index < -0.39 is 0 Å². The highest BCUT2D eigenvalue weighted by molar-refractivity contribution is 7.14. The van der Waals surface area contributed by atoms with Crippen molar-refractivity contribution in [2.75, 3.05) is 16.8 Å². The first-order chi connectivity index (χ1) is 13.4. The molecule has 1 N–H and O–H groups in total. The first-order valence-electron chi connectivity index (χ1n) is 9.18. The lowest BCUT2D eigenvalue weighted by molar-refractivity contribution is -0.116. The summed E-state index contributed by atoms with van der Waals surface area (Å²) in [6.45, 7) is 6.36. The largest absolute Gasteiger partial charge is 0.312 e. The topological polar surface area (TPSA) is 62.3 Å². The zero-order chi connectivity index (χ0) is 19.8. The fraction of sp³-hybridized carbons (Fsp3) is 0.227. The molecule has 0 unspecified atom stereocenters. The summed E-state index contributed by atoms with van der Waals surface area (Å²) in [5.41, 5.74) is 6.82. The van der Waals surface area contributed by atoms with E-state index in [0.717, 1.165) is 34.5 Å². The Labute approximate surface area is 168 Å². The van der Waals surface area contributed by atoms with Gasteiger partial charge < -0.3 is 4.90 Å². The number of nitrogens with one attached hydrogen (secondary N) is 1.